The quantitative estimate of drug-likeness (QED) is 0.614. The van der Waals surface area contributed by atoms with E-state index in [1.54, 1.807) is 12.1 Å². The Kier molecular flexibility index (Phi) is 5.70. The van der Waals surface area contributed by atoms with Gasteiger partial charge in [0.1, 0.15) is 0 Å². The molecule has 178 valence electrons. The summed E-state index contributed by atoms with van der Waals surface area (Å²) in [4.78, 5) is 36.6. The Labute approximate surface area is 192 Å². The predicted molar refractivity (Wildman–Crippen MR) is 118 cm³/mol. The van der Waals surface area contributed by atoms with E-state index in [0.717, 1.165) is 36.3 Å². The number of piperazine rings is 1. The number of hydrogen-bond acceptors (Lipinski definition) is 6. The van der Waals surface area contributed by atoms with E-state index in [0.29, 0.717) is 37.7 Å². The maximum atomic E-state index is 13.0. The van der Waals surface area contributed by atoms with E-state index in [-0.39, 0.29) is 29.5 Å². The zero-order valence-corrected chi connectivity index (χ0v) is 18.3. The van der Waals surface area contributed by atoms with Crippen LogP contribution in [0.1, 0.15) is 36.9 Å². The van der Waals surface area contributed by atoms with E-state index in [1.165, 1.54) is 0 Å². The second kappa shape index (κ2) is 8.69. The van der Waals surface area contributed by atoms with E-state index in [1.807, 2.05) is 21.9 Å². The smallest absolute Gasteiger partial charge is 0.336 e. The standard InChI is InChI=1S/C23H23F3N6O2/c24-23(25,26)14-10-27-22(28-11-14)32-13-15-8-9-16(32)12-31(15)20(33)7-3-6-19-17-4-1-2-5-18(17)21(34)30-29-19/h1-2,4-5,10-11,15-16H,3,6-9,12-13H2,(H,30,34). The van der Waals surface area contributed by atoms with E-state index < -0.39 is 11.7 Å². The van der Waals surface area contributed by atoms with Crippen LogP contribution in [0.3, 0.4) is 0 Å². The second-order valence-electron chi connectivity index (χ2n) is 8.75. The number of amides is 1. The minimum atomic E-state index is -4.47. The first kappa shape index (κ1) is 22.3. The number of fused-ring (bicyclic) bond motifs is 4. The molecular formula is C23H23F3N6O2. The number of nitrogens with zero attached hydrogens (tertiary/aromatic N) is 5. The number of aromatic amines is 1. The number of hydrogen-bond donors (Lipinski definition) is 1. The molecule has 11 heteroatoms. The SMILES string of the molecule is O=C(CCCc1n[nH]c(=O)c2ccccc12)N1CC2CCC1CN2c1ncc(C(F)(F)F)cn1. The fourth-order valence-electron chi connectivity index (χ4n) is 4.91. The van der Waals surface area contributed by atoms with Gasteiger partial charge in [-0.3, -0.25) is 9.59 Å². The molecule has 2 unspecified atom stereocenters. The molecule has 6 rings (SSSR count). The van der Waals surface area contributed by atoms with Gasteiger partial charge in [-0.2, -0.15) is 18.3 Å². The lowest BCUT2D eigenvalue weighted by Crippen LogP contribution is -2.64. The maximum Gasteiger partial charge on any atom is 0.419 e. The lowest BCUT2D eigenvalue weighted by atomic mass is 9.90. The molecule has 1 N–H and O–H groups in total. The molecule has 0 aliphatic carbocycles. The van der Waals surface area contributed by atoms with Crippen LogP contribution in [0.25, 0.3) is 10.8 Å². The van der Waals surface area contributed by atoms with Crippen molar-refractivity contribution < 1.29 is 18.0 Å². The Balaban J connectivity index is 1.20. The van der Waals surface area contributed by atoms with Crippen LogP contribution in [0.15, 0.2) is 41.5 Å². The average molecular weight is 472 g/mol. The molecule has 34 heavy (non-hydrogen) atoms. The van der Waals surface area contributed by atoms with Crippen molar-refractivity contribution >= 4 is 22.6 Å². The minimum absolute atomic E-state index is 0.0181. The molecule has 2 bridgehead atoms. The molecule has 3 aliphatic rings. The summed E-state index contributed by atoms with van der Waals surface area (Å²) in [5.74, 6) is 0.322. The largest absolute Gasteiger partial charge is 0.419 e. The van der Waals surface area contributed by atoms with Crippen LogP contribution in [-0.2, 0) is 17.4 Å². The number of halogens is 3. The van der Waals surface area contributed by atoms with Crippen LogP contribution in [0.2, 0.25) is 0 Å². The van der Waals surface area contributed by atoms with Gasteiger partial charge in [-0.1, -0.05) is 18.2 Å². The van der Waals surface area contributed by atoms with Gasteiger partial charge in [0, 0.05) is 49.4 Å². The fourth-order valence-corrected chi connectivity index (χ4v) is 4.91. The molecule has 1 amide bonds. The van der Waals surface area contributed by atoms with Crippen LogP contribution in [0.5, 0.6) is 0 Å². The van der Waals surface area contributed by atoms with Crippen molar-refractivity contribution in [3.63, 3.8) is 0 Å². The number of aromatic nitrogens is 4. The Bertz CT molecular complexity index is 1260. The summed E-state index contributed by atoms with van der Waals surface area (Å²) in [6, 6.07) is 7.23. The molecule has 3 fully saturated rings. The third kappa shape index (κ3) is 4.22. The van der Waals surface area contributed by atoms with Crippen molar-refractivity contribution in [3.8, 4) is 0 Å². The zero-order chi connectivity index (χ0) is 23.9. The first-order valence-corrected chi connectivity index (χ1v) is 11.2. The van der Waals surface area contributed by atoms with Gasteiger partial charge in [0.25, 0.3) is 5.56 Å². The van der Waals surface area contributed by atoms with E-state index in [2.05, 4.69) is 20.2 Å². The Morgan fingerprint density at radius 1 is 1.06 bits per heavy atom. The molecule has 1 aromatic carbocycles. The summed E-state index contributed by atoms with van der Waals surface area (Å²) in [7, 11) is 0. The third-order valence-corrected chi connectivity index (χ3v) is 6.65. The fraction of sp³-hybridized carbons (Fsp3) is 0.435. The molecule has 2 aromatic heterocycles. The van der Waals surface area contributed by atoms with Crippen LogP contribution < -0.4 is 10.5 Å². The molecule has 8 nitrogen and oxygen atoms in total. The number of rotatable bonds is 5. The average Bonchev–Trinajstić information content (AvgIpc) is 2.85. The van der Waals surface area contributed by atoms with E-state index in [4.69, 9.17) is 0 Å². The summed E-state index contributed by atoms with van der Waals surface area (Å²) in [6.07, 6.45) is 0.350. The lowest BCUT2D eigenvalue weighted by Gasteiger charge is -2.51. The van der Waals surface area contributed by atoms with Crippen molar-refractivity contribution in [1.82, 2.24) is 25.1 Å². The van der Waals surface area contributed by atoms with Crippen LogP contribution in [-0.4, -0.2) is 56.1 Å². The number of alkyl halides is 3. The number of carbonyl (C=O) groups excluding carboxylic acids is 1. The van der Waals surface area contributed by atoms with Crippen molar-refractivity contribution in [3.05, 3.63) is 58.3 Å². The number of aryl methyl sites for hydroxylation is 1. The summed E-state index contributed by atoms with van der Waals surface area (Å²) in [6.45, 7) is 1.02. The summed E-state index contributed by atoms with van der Waals surface area (Å²) < 4.78 is 38.4. The highest BCUT2D eigenvalue weighted by Gasteiger charge is 2.42. The zero-order valence-electron chi connectivity index (χ0n) is 18.3. The van der Waals surface area contributed by atoms with Gasteiger partial charge in [-0.05, 0) is 31.7 Å². The van der Waals surface area contributed by atoms with Gasteiger partial charge < -0.3 is 9.80 Å². The molecule has 3 aliphatic heterocycles. The maximum absolute atomic E-state index is 13.0. The molecule has 3 saturated heterocycles. The molecule has 0 radical (unpaired) electrons. The summed E-state index contributed by atoms with van der Waals surface area (Å²) in [5.41, 5.74) is -0.352. The second-order valence-corrected chi connectivity index (χ2v) is 8.75. The Morgan fingerprint density at radius 2 is 1.76 bits per heavy atom. The summed E-state index contributed by atoms with van der Waals surface area (Å²) >= 11 is 0. The van der Waals surface area contributed by atoms with Crippen LogP contribution in [0, 0.1) is 0 Å². The number of carbonyl (C=O) groups is 1. The summed E-state index contributed by atoms with van der Waals surface area (Å²) in [5, 5.41) is 8.06. The van der Waals surface area contributed by atoms with Gasteiger partial charge in [-0.25, -0.2) is 15.1 Å². The topological polar surface area (TPSA) is 95.1 Å². The van der Waals surface area contributed by atoms with Crippen molar-refractivity contribution in [2.24, 2.45) is 0 Å². The third-order valence-electron chi connectivity index (χ3n) is 6.65. The van der Waals surface area contributed by atoms with Crippen molar-refractivity contribution in [2.75, 3.05) is 18.0 Å². The molecule has 0 saturated carbocycles. The molecular weight excluding hydrogens is 449 g/mol. The normalized spacial score (nSPS) is 20.2. The minimum Gasteiger partial charge on any atom is -0.336 e. The Morgan fingerprint density at radius 3 is 2.44 bits per heavy atom. The first-order chi connectivity index (χ1) is 16.3. The van der Waals surface area contributed by atoms with Gasteiger partial charge >= 0.3 is 6.18 Å². The highest BCUT2D eigenvalue weighted by Crippen LogP contribution is 2.33. The number of benzene rings is 1. The van der Waals surface area contributed by atoms with Gasteiger partial charge in [0.15, 0.2) is 0 Å². The van der Waals surface area contributed by atoms with Gasteiger partial charge in [0.05, 0.1) is 16.6 Å². The van der Waals surface area contributed by atoms with E-state index >= 15 is 0 Å². The monoisotopic (exact) mass is 472 g/mol. The highest BCUT2D eigenvalue weighted by molar-refractivity contribution is 5.83. The van der Waals surface area contributed by atoms with Crippen molar-refractivity contribution in [2.45, 2.75) is 50.4 Å². The van der Waals surface area contributed by atoms with Crippen LogP contribution >= 0.6 is 0 Å². The first-order valence-electron chi connectivity index (χ1n) is 11.2. The molecule has 2 atom stereocenters. The number of piperidine rings is 2. The van der Waals surface area contributed by atoms with Gasteiger partial charge in [0.2, 0.25) is 11.9 Å². The van der Waals surface area contributed by atoms with E-state index in [9.17, 15) is 22.8 Å². The highest BCUT2D eigenvalue weighted by atomic mass is 19.4. The number of nitrogens with one attached hydrogen (secondary N) is 1. The molecule has 3 aromatic rings. The van der Waals surface area contributed by atoms with Crippen LogP contribution in [0.4, 0.5) is 19.1 Å². The van der Waals surface area contributed by atoms with Gasteiger partial charge in [-0.15, -0.1) is 0 Å². The number of H-pyrrole nitrogens is 1. The Hall–Kier alpha value is -3.50. The lowest BCUT2D eigenvalue weighted by molar-refractivity contribution is -0.138. The predicted octanol–water partition coefficient (Wildman–Crippen LogP) is 2.93. The molecule has 0 spiro atoms. The molecule has 5 heterocycles. The number of anilines is 1. The van der Waals surface area contributed by atoms with Crippen molar-refractivity contribution in [1.29, 1.82) is 0 Å².